The summed E-state index contributed by atoms with van der Waals surface area (Å²) in [5.41, 5.74) is -1.15. The molecule has 0 atom stereocenters. The number of halogens is 4. The van der Waals surface area contributed by atoms with Gasteiger partial charge in [0.15, 0.2) is 5.75 Å². The van der Waals surface area contributed by atoms with E-state index in [-0.39, 0.29) is 11.6 Å². The molecule has 0 saturated carbocycles. The molecule has 176 valence electrons. The Kier molecular flexibility index (Phi) is 7.42. The van der Waals surface area contributed by atoms with Crippen LogP contribution in [0.25, 0.3) is 6.08 Å². The number of hydrogen-bond donors (Lipinski definition) is 3. The van der Waals surface area contributed by atoms with Crippen molar-refractivity contribution in [2.24, 2.45) is 0 Å². The van der Waals surface area contributed by atoms with E-state index in [4.69, 9.17) is 16.3 Å². The van der Waals surface area contributed by atoms with Crippen molar-refractivity contribution in [1.29, 1.82) is 0 Å². The summed E-state index contributed by atoms with van der Waals surface area (Å²) in [4.78, 5) is 27.8. The van der Waals surface area contributed by atoms with Crippen LogP contribution in [0.3, 0.4) is 0 Å². The van der Waals surface area contributed by atoms with Crippen LogP contribution in [-0.2, 0) is 11.0 Å². The number of hydrogen-bond acceptors (Lipinski definition) is 5. The highest BCUT2D eigenvalue weighted by Crippen LogP contribution is 2.44. The van der Waals surface area contributed by atoms with Gasteiger partial charge in [-0.05, 0) is 42.0 Å². The van der Waals surface area contributed by atoms with Crippen LogP contribution >= 0.6 is 11.6 Å². The summed E-state index contributed by atoms with van der Waals surface area (Å²) in [6.07, 6.45) is -0.989. The predicted molar refractivity (Wildman–Crippen MR) is 120 cm³/mol. The number of anilines is 1. The van der Waals surface area contributed by atoms with Gasteiger partial charge in [-0.2, -0.15) is 13.2 Å². The van der Waals surface area contributed by atoms with E-state index in [1.54, 1.807) is 30.3 Å². The lowest BCUT2D eigenvalue weighted by Crippen LogP contribution is -2.18. The van der Waals surface area contributed by atoms with Crippen molar-refractivity contribution in [2.45, 2.75) is 6.18 Å². The van der Waals surface area contributed by atoms with Crippen molar-refractivity contribution in [2.75, 3.05) is 12.4 Å². The summed E-state index contributed by atoms with van der Waals surface area (Å²) in [5, 5.41) is 13.9. The van der Waals surface area contributed by atoms with Crippen LogP contribution in [0.4, 0.5) is 18.9 Å². The Balaban J connectivity index is 1.72. The standard InChI is InChI=1S/C23H17ClF3N3O4/c1-28-22(33)18-12-15(9-10-29-18)34-14-4-2-3-13(11-14)5-8-19(31)30-17-7-6-16(24)20(21(17)32)23(25,26)27/h2-12,32H,1H3,(H,28,33)(H,30,31). The number of phenolic OH excluding ortho intramolecular Hbond substituents is 1. The molecule has 0 fully saturated rings. The number of pyridine rings is 1. The number of carbonyl (C=O) groups excluding carboxylic acids is 2. The fourth-order valence-corrected chi connectivity index (χ4v) is 3.09. The molecule has 0 aliphatic rings. The van der Waals surface area contributed by atoms with Crippen molar-refractivity contribution >= 4 is 35.2 Å². The van der Waals surface area contributed by atoms with Crippen molar-refractivity contribution < 1.29 is 32.6 Å². The van der Waals surface area contributed by atoms with Crippen molar-refractivity contribution in [3.63, 3.8) is 0 Å². The summed E-state index contributed by atoms with van der Waals surface area (Å²) >= 11 is 5.53. The average molecular weight is 492 g/mol. The largest absolute Gasteiger partial charge is 0.505 e. The molecular formula is C23H17ClF3N3O4. The molecule has 1 aromatic heterocycles. The Labute approximate surface area is 196 Å². The SMILES string of the molecule is CNC(=O)c1cc(Oc2cccc(C=CC(=O)Nc3ccc(Cl)c(C(F)(F)F)c3O)c2)ccn1. The van der Waals surface area contributed by atoms with Crippen molar-refractivity contribution in [3.05, 3.63) is 82.6 Å². The normalized spacial score (nSPS) is 11.3. The highest BCUT2D eigenvalue weighted by Gasteiger charge is 2.37. The van der Waals surface area contributed by atoms with Gasteiger partial charge in [0.05, 0.1) is 10.7 Å². The molecule has 2 aromatic carbocycles. The Morgan fingerprint density at radius 3 is 2.56 bits per heavy atom. The highest BCUT2D eigenvalue weighted by atomic mass is 35.5. The number of phenols is 1. The average Bonchev–Trinajstić information content (AvgIpc) is 2.78. The molecule has 34 heavy (non-hydrogen) atoms. The first-order valence-corrected chi connectivity index (χ1v) is 10.00. The molecule has 11 heteroatoms. The fourth-order valence-electron chi connectivity index (χ4n) is 2.83. The predicted octanol–water partition coefficient (Wildman–Crippen LogP) is 5.26. The topological polar surface area (TPSA) is 101 Å². The Morgan fingerprint density at radius 1 is 1.12 bits per heavy atom. The lowest BCUT2D eigenvalue weighted by atomic mass is 10.1. The number of ether oxygens (including phenoxy) is 1. The number of amides is 2. The van der Waals surface area contributed by atoms with Crippen LogP contribution in [0, 0.1) is 0 Å². The first-order chi connectivity index (χ1) is 16.1. The van der Waals surface area contributed by atoms with E-state index >= 15 is 0 Å². The van der Waals surface area contributed by atoms with Gasteiger partial charge in [-0.15, -0.1) is 0 Å². The molecule has 0 saturated heterocycles. The third-order valence-corrected chi connectivity index (χ3v) is 4.70. The second-order valence-corrected chi connectivity index (χ2v) is 7.18. The van der Waals surface area contributed by atoms with Crippen LogP contribution in [0.2, 0.25) is 5.02 Å². The molecule has 3 N–H and O–H groups in total. The van der Waals surface area contributed by atoms with Gasteiger partial charge in [-0.3, -0.25) is 14.6 Å². The van der Waals surface area contributed by atoms with Gasteiger partial charge in [-0.1, -0.05) is 23.7 Å². The van der Waals surface area contributed by atoms with Gasteiger partial charge < -0.3 is 20.5 Å². The summed E-state index contributed by atoms with van der Waals surface area (Å²) in [5.74, 6) is -1.55. The van der Waals surface area contributed by atoms with E-state index in [9.17, 15) is 27.9 Å². The minimum absolute atomic E-state index is 0.173. The number of aromatic nitrogens is 1. The molecular weight excluding hydrogens is 475 g/mol. The molecule has 3 aromatic rings. The second kappa shape index (κ2) is 10.3. The second-order valence-electron chi connectivity index (χ2n) is 6.77. The van der Waals surface area contributed by atoms with E-state index in [2.05, 4.69) is 15.6 Å². The number of aromatic hydroxyl groups is 1. The molecule has 1 heterocycles. The molecule has 7 nitrogen and oxygen atoms in total. The van der Waals surface area contributed by atoms with E-state index < -0.39 is 34.1 Å². The Hall–Kier alpha value is -4.05. The third kappa shape index (κ3) is 6.04. The molecule has 0 aliphatic heterocycles. The number of carbonyl (C=O) groups is 2. The summed E-state index contributed by atoms with van der Waals surface area (Å²) < 4.78 is 44.9. The van der Waals surface area contributed by atoms with Gasteiger partial charge in [0.2, 0.25) is 5.91 Å². The molecule has 0 aliphatic carbocycles. The minimum Gasteiger partial charge on any atom is -0.505 e. The van der Waals surface area contributed by atoms with E-state index in [1.165, 1.54) is 25.4 Å². The minimum atomic E-state index is -4.89. The summed E-state index contributed by atoms with van der Waals surface area (Å²) in [6.45, 7) is 0. The number of nitrogens with one attached hydrogen (secondary N) is 2. The van der Waals surface area contributed by atoms with Crippen LogP contribution in [-0.4, -0.2) is 29.0 Å². The molecule has 0 bridgehead atoms. The zero-order chi connectivity index (χ0) is 24.9. The van der Waals surface area contributed by atoms with E-state index in [0.717, 1.165) is 18.2 Å². The Bertz CT molecular complexity index is 1260. The van der Waals surface area contributed by atoms with Crippen LogP contribution in [0.15, 0.2) is 60.8 Å². The molecule has 0 unspecified atom stereocenters. The van der Waals surface area contributed by atoms with E-state index in [1.807, 2.05) is 0 Å². The van der Waals surface area contributed by atoms with E-state index in [0.29, 0.717) is 17.1 Å². The fraction of sp³-hybridized carbons (Fsp3) is 0.0870. The maximum Gasteiger partial charge on any atom is 0.421 e. The summed E-state index contributed by atoms with van der Waals surface area (Å²) in [7, 11) is 1.48. The van der Waals surface area contributed by atoms with Crippen molar-refractivity contribution in [3.8, 4) is 17.2 Å². The first-order valence-electron chi connectivity index (χ1n) is 9.62. The molecule has 0 radical (unpaired) electrons. The zero-order valence-corrected chi connectivity index (χ0v) is 18.2. The lowest BCUT2D eigenvalue weighted by molar-refractivity contribution is -0.138. The van der Waals surface area contributed by atoms with Crippen LogP contribution in [0.1, 0.15) is 21.6 Å². The first kappa shape index (κ1) is 24.6. The highest BCUT2D eigenvalue weighted by molar-refractivity contribution is 6.31. The van der Waals surface area contributed by atoms with Crippen LogP contribution in [0.5, 0.6) is 17.2 Å². The monoisotopic (exact) mass is 491 g/mol. The Morgan fingerprint density at radius 2 is 1.85 bits per heavy atom. The smallest absolute Gasteiger partial charge is 0.421 e. The zero-order valence-electron chi connectivity index (χ0n) is 17.5. The maximum atomic E-state index is 13.1. The lowest BCUT2D eigenvalue weighted by Gasteiger charge is -2.14. The van der Waals surface area contributed by atoms with Gasteiger partial charge in [0.25, 0.3) is 5.91 Å². The van der Waals surface area contributed by atoms with Crippen molar-refractivity contribution in [1.82, 2.24) is 10.3 Å². The molecule has 3 rings (SSSR count). The van der Waals surface area contributed by atoms with Gasteiger partial charge in [-0.25, -0.2) is 0 Å². The number of rotatable bonds is 6. The quantitative estimate of drug-likeness (QED) is 0.322. The van der Waals surface area contributed by atoms with Crippen LogP contribution < -0.4 is 15.4 Å². The van der Waals surface area contributed by atoms with Gasteiger partial charge in [0.1, 0.15) is 22.8 Å². The molecule has 2 amide bonds. The molecule has 0 spiro atoms. The number of nitrogens with zero attached hydrogens (tertiary/aromatic N) is 1. The third-order valence-electron chi connectivity index (χ3n) is 4.38. The number of benzene rings is 2. The van der Waals surface area contributed by atoms with Gasteiger partial charge in [0, 0.05) is 25.4 Å². The summed E-state index contributed by atoms with van der Waals surface area (Å²) in [6, 6.07) is 11.6. The maximum absolute atomic E-state index is 13.1. The number of alkyl halides is 3. The van der Waals surface area contributed by atoms with Gasteiger partial charge >= 0.3 is 6.18 Å².